The number of hydrogen-bond donors (Lipinski definition) is 1. The minimum Gasteiger partial charge on any atom is -0.496 e. The lowest BCUT2D eigenvalue weighted by molar-refractivity contribution is 0.420. The number of fused-ring (bicyclic) bond motifs is 2. The Morgan fingerprint density at radius 2 is 2.00 bits per heavy atom. The molecule has 0 aliphatic heterocycles. The van der Waals surface area contributed by atoms with Gasteiger partial charge in [-0.2, -0.15) is 4.98 Å². The van der Waals surface area contributed by atoms with Crippen molar-refractivity contribution in [3.63, 3.8) is 0 Å². The van der Waals surface area contributed by atoms with Crippen LogP contribution in [0.25, 0.3) is 10.8 Å². The lowest BCUT2D eigenvalue weighted by Gasteiger charge is -2.22. The average Bonchev–Trinajstić information content (AvgIpc) is 3.07. The number of aryl methyl sites for hydroxylation is 1. The van der Waals surface area contributed by atoms with Crippen LogP contribution in [0.5, 0.6) is 5.75 Å². The maximum atomic E-state index is 5.91. The molecule has 1 heterocycles. The van der Waals surface area contributed by atoms with Gasteiger partial charge in [-0.25, -0.2) is 4.98 Å². The molecule has 3 aromatic rings. The Morgan fingerprint density at radius 1 is 1.12 bits per heavy atom. The standard InChI is InChI=1S/C19H20N4O/c1-23(18-15-6-4-7-16(15)21-19(20)22-18)13-9-10-14-12(11-13)5-3-8-17(14)24-2/h3,5,8-11H,4,6-7H2,1-2H3,(H2,20,21,22). The van der Waals surface area contributed by atoms with Gasteiger partial charge in [0.1, 0.15) is 11.6 Å². The quantitative estimate of drug-likeness (QED) is 0.800. The molecule has 0 fully saturated rings. The molecule has 4 rings (SSSR count). The topological polar surface area (TPSA) is 64.3 Å². The second kappa shape index (κ2) is 5.67. The van der Waals surface area contributed by atoms with Gasteiger partial charge in [0, 0.05) is 23.7 Å². The van der Waals surface area contributed by atoms with Gasteiger partial charge in [-0.1, -0.05) is 12.1 Å². The predicted molar refractivity (Wildman–Crippen MR) is 97.0 cm³/mol. The van der Waals surface area contributed by atoms with E-state index in [2.05, 4.69) is 39.1 Å². The second-order valence-electron chi connectivity index (χ2n) is 6.11. The zero-order valence-electron chi connectivity index (χ0n) is 13.9. The number of nitrogens with two attached hydrogens (primary N) is 1. The van der Waals surface area contributed by atoms with Crippen LogP contribution >= 0.6 is 0 Å². The lowest BCUT2D eigenvalue weighted by Crippen LogP contribution is -2.15. The third-order valence-electron chi connectivity index (χ3n) is 4.68. The Morgan fingerprint density at radius 3 is 2.83 bits per heavy atom. The smallest absolute Gasteiger partial charge is 0.222 e. The fourth-order valence-corrected chi connectivity index (χ4v) is 3.46. The normalized spacial score (nSPS) is 13.1. The van der Waals surface area contributed by atoms with Crippen molar-refractivity contribution >= 4 is 28.2 Å². The van der Waals surface area contributed by atoms with E-state index in [1.54, 1.807) is 7.11 Å². The van der Waals surface area contributed by atoms with Crippen molar-refractivity contribution in [2.75, 3.05) is 24.8 Å². The van der Waals surface area contributed by atoms with E-state index in [1.165, 1.54) is 5.56 Å². The molecule has 0 atom stereocenters. The summed E-state index contributed by atoms with van der Waals surface area (Å²) in [5.41, 5.74) is 9.29. The summed E-state index contributed by atoms with van der Waals surface area (Å²) in [5, 5.41) is 2.24. The molecule has 1 aromatic heterocycles. The molecule has 0 unspecified atom stereocenters. The van der Waals surface area contributed by atoms with Crippen molar-refractivity contribution in [1.29, 1.82) is 0 Å². The molecule has 0 saturated heterocycles. The number of anilines is 3. The van der Waals surface area contributed by atoms with Crippen molar-refractivity contribution in [2.45, 2.75) is 19.3 Å². The van der Waals surface area contributed by atoms with Gasteiger partial charge in [0.25, 0.3) is 0 Å². The Bertz CT molecular complexity index is 923. The first-order valence-electron chi connectivity index (χ1n) is 8.13. The van der Waals surface area contributed by atoms with Crippen molar-refractivity contribution in [2.24, 2.45) is 0 Å². The zero-order valence-corrected chi connectivity index (χ0v) is 13.9. The summed E-state index contributed by atoms with van der Waals surface area (Å²) in [6.07, 6.45) is 3.11. The summed E-state index contributed by atoms with van der Waals surface area (Å²) in [5.74, 6) is 2.14. The maximum absolute atomic E-state index is 5.91. The number of methoxy groups -OCH3 is 1. The number of hydrogen-bond acceptors (Lipinski definition) is 5. The molecule has 0 bridgehead atoms. The van der Waals surface area contributed by atoms with E-state index in [1.807, 2.05) is 19.2 Å². The molecule has 2 aromatic carbocycles. The summed E-state index contributed by atoms with van der Waals surface area (Å²) in [6, 6.07) is 12.4. The van der Waals surface area contributed by atoms with Gasteiger partial charge in [-0.05, 0) is 48.9 Å². The number of nitrogen functional groups attached to an aromatic ring is 1. The highest BCUT2D eigenvalue weighted by molar-refractivity contribution is 5.91. The molecule has 122 valence electrons. The largest absolute Gasteiger partial charge is 0.496 e. The molecule has 0 amide bonds. The number of aromatic nitrogens is 2. The van der Waals surface area contributed by atoms with E-state index in [9.17, 15) is 0 Å². The Hall–Kier alpha value is -2.82. The molecule has 1 aliphatic carbocycles. The first-order chi connectivity index (χ1) is 11.7. The maximum Gasteiger partial charge on any atom is 0.222 e. The summed E-state index contributed by atoms with van der Waals surface area (Å²) >= 11 is 0. The van der Waals surface area contributed by atoms with Crippen LogP contribution < -0.4 is 15.4 Å². The molecule has 0 radical (unpaired) electrons. The Labute approximate surface area is 141 Å². The SMILES string of the molecule is COc1cccc2cc(N(C)c3nc(N)nc4c3CCC4)ccc12. The fraction of sp³-hybridized carbons (Fsp3) is 0.263. The van der Waals surface area contributed by atoms with Gasteiger partial charge in [0.05, 0.1) is 12.8 Å². The third kappa shape index (κ3) is 2.33. The van der Waals surface area contributed by atoms with Crippen molar-refractivity contribution in [1.82, 2.24) is 9.97 Å². The van der Waals surface area contributed by atoms with Crippen molar-refractivity contribution < 1.29 is 4.74 Å². The van der Waals surface area contributed by atoms with Crippen LogP contribution in [0.1, 0.15) is 17.7 Å². The van der Waals surface area contributed by atoms with E-state index in [4.69, 9.17) is 10.5 Å². The van der Waals surface area contributed by atoms with Crippen LogP contribution in [0.15, 0.2) is 36.4 Å². The average molecular weight is 320 g/mol. The molecule has 5 heteroatoms. The fourth-order valence-electron chi connectivity index (χ4n) is 3.46. The summed E-state index contributed by atoms with van der Waals surface area (Å²) in [7, 11) is 3.73. The van der Waals surface area contributed by atoms with E-state index >= 15 is 0 Å². The summed E-state index contributed by atoms with van der Waals surface area (Å²) in [6.45, 7) is 0. The summed E-state index contributed by atoms with van der Waals surface area (Å²) in [4.78, 5) is 11.0. The van der Waals surface area contributed by atoms with E-state index in [0.29, 0.717) is 5.95 Å². The minimum absolute atomic E-state index is 0.347. The highest BCUT2D eigenvalue weighted by Gasteiger charge is 2.21. The minimum atomic E-state index is 0.347. The molecular weight excluding hydrogens is 300 g/mol. The molecule has 2 N–H and O–H groups in total. The van der Waals surface area contributed by atoms with Gasteiger partial charge >= 0.3 is 0 Å². The van der Waals surface area contributed by atoms with Crippen LogP contribution in [0, 0.1) is 0 Å². The number of ether oxygens (including phenoxy) is 1. The lowest BCUT2D eigenvalue weighted by atomic mass is 10.1. The number of nitrogens with zero attached hydrogens (tertiary/aromatic N) is 3. The van der Waals surface area contributed by atoms with Crippen LogP contribution in [-0.2, 0) is 12.8 Å². The Balaban J connectivity index is 1.81. The summed E-state index contributed by atoms with van der Waals surface area (Å²) < 4.78 is 5.44. The van der Waals surface area contributed by atoms with Gasteiger partial charge in [-0.15, -0.1) is 0 Å². The second-order valence-corrected chi connectivity index (χ2v) is 6.11. The number of rotatable bonds is 3. The molecule has 0 saturated carbocycles. The van der Waals surface area contributed by atoms with Gasteiger partial charge < -0.3 is 15.4 Å². The molecule has 1 aliphatic rings. The highest BCUT2D eigenvalue weighted by Crippen LogP contribution is 2.35. The van der Waals surface area contributed by atoms with Gasteiger partial charge in [0.2, 0.25) is 5.95 Å². The van der Waals surface area contributed by atoms with Crippen LogP contribution in [-0.4, -0.2) is 24.1 Å². The van der Waals surface area contributed by atoms with Crippen LogP contribution in [0.3, 0.4) is 0 Å². The van der Waals surface area contributed by atoms with E-state index in [0.717, 1.165) is 53.0 Å². The third-order valence-corrected chi connectivity index (χ3v) is 4.68. The number of benzene rings is 2. The Kier molecular flexibility index (Phi) is 3.49. The van der Waals surface area contributed by atoms with Crippen molar-refractivity contribution in [3.05, 3.63) is 47.7 Å². The zero-order chi connectivity index (χ0) is 16.7. The molecule has 5 nitrogen and oxygen atoms in total. The molecule has 24 heavy (non-hydrogen) atoms. The van der Waals surface area contributed by atoms with Gasteiger partial charge in [0.15, 0.2) is 0 Å². The van der Waals surface area contributed by atoms with E-state index < -0.39 is 0 Å². The first kappa shape index (κ1) is 14.8. The van der Waals surface area contributed by atoms with E-state index in [-0.39, 0.29) is 0 Å². The van der Waals surface area contributed by atoms with Crippen LogP contribution in [0.4, 0.5) is 17.5 Å². The van der Waals surface area contributed by atoms with Gasteiger partial charge in [-0.3, -0.25) is 0 Å². The van der Waals surface area contributed by atoms with Crippen molar-refractivity contribution in [3.8, 4) is 5.75 Å². The monoisotopic (exact) mass is 320 g/mol. The molecule has 0 spiro atoms. The highest BCUT2D eigenvalue weighted by atomic mass is 16.5. The first-order valence-corrected chi connectivity index (χ1v) is 8.13. The predicted octanol–water partition coefficient (Wildman–Crippen LogP) is 3.48. The van der Waals surface area contributed by atoms with Crippen LogP contribution in [0.2, 0.25) is 0 Å². The molecular formula is C19H20N4O.